The van der Waals surface area contributed by atoms with E-state index in [9.17, 15) is 9.59 Å². The number of fused-ring (bicyclic) bond motifs is 12. The lowest BCUT2D eigenvalue weighted by Crippen LogP contribution is -2.31. The van der Waals surface area contributed by atoms with E-state index in [1.165, 1.54) is 11.9 Å². The lowest BCUT2D eigenvalue weighted by atomic mass is 9.96. The molecule has 0 radical (unpaired) electrons. The SMILES string of the molecule is CCN1CCOCCn2cc(c3cccnc32)C2=C(C(=O)N(C)C2=O)c2cn(c3ncccc23)CCOCC1. The summed E-state index contributed by atoms with van der Waals surface area (Å²) >= 11 is 0. The van der Waals surface area contributed by atoms with Gasteiger partial charge in [0, 0.05) is 79.9 Å². The number of likely N-dealkylation sites (N-methyl/N-ethyl adjacent to an activating group) is 2. The van der Waals surface area contributed by atoms with E-state index in [1.807, 2.05) is 45.8 Å². The van der Waals surface area contributed by atoms with Crippen molar-refractivity contribution in [2.75, 3.05) is 53.1 Å². The second-order valence-corrected chi connectivity index (χ2v) is 9.80. The van der Waals surface area contributed by atoms with Crippen LogP contribution in [0.1, 0.15) is 18.1 Å². The number of ether oxygens (including phenoxy) is 2. The Balaban J connectivity index is 1.53. The molecule has 0 unspecified atom stereocenters. The lowest BCUT2D eigenvalue weighted by molar-refractivity contribution is -0.134. The van der Waals surface area contributed by atoms with E-state index in [0.717, 1.165) is 41.7 Å². The summed E-state index contributed by atoms with van der Waals surface area (Å²) in [7, 11) is 1.53. The van der Waals surface area contributed by atoms with Crippen molar-refractivity contribution in [1.29, 1.82) is 0 Å². The number of carbonyl (C=O) groups excluding carboxylic acids is 2. The molecule has 0 aromatic carbocycles. The minimum Gasteiger partial charge on any atom is -0.378 e. The summed E-state index contributed by atoms with van der Waals surface area (Å²) in [4.78, 5) is 40.0. The molecule has 0 spiro atoms. The molecule has 0 N–H and O–H groups in total. The Hall–Kier alpha value is -3.86. The van der Waals surface area contributed by atoms with Gasteiger partial charge in [-0.1, -0.05) is 6.92 Å². The number of pyridine rings is 2. The summed E-state index contributed by atoms with van der Waals surface area (Å²) in [5.41, 5.74) is 3.66. The molecular weight excluding hydrogens is 496 g/mol. The maximum Gasteiger partial charge on any atom is 0.261 e. The van der Waals surface area contributed by atoms with Gasteiger partial charge < -0.3 is 18.6 Å². The van der Waals surface area contributed by atoms with Crippen molar-refractivity contribution < 1.29 is 19.1 Å². The highest BCUT2D eigenvalue weighted by molar-refractivity contribution is 6.50. The molecule has 0 atom stereocenters. The highest BCUT2D eigenvalue weighted by Crippen LogP contribution is 2.40. The third-order valence-corrected chi connectivity index (χ3v) is 7.60. The summed E-state index contributed by atoms with van der Waals surface area (Å²) in [6.45, 7) is 8.10. The molecule has 10 nitrogen and oxygen atoms in total. The smallest absolute Gasteiger partial charge is 0.261 e. The van der Waals surface area contributed by atoms with Crippen LogP contribution in [0.3, 0.4) is 0 Å². The normalized spacial score (nSPS) is 18.5. The summed E-state index contributed by atoms with van der Waals surface area (Å²) < 4.78 is 16.0. The topological polar surface area (TPSA) is 94.7 Å². The Kier molecular flexibility index (Phi) is 6.99. The molecule has 0 aliphatic carbocycles. The number of hydrogen-bond acceptors (Lipinski definition) is 7. The quantitative estimate of drug-likeness (QED) is 0.351. The second kappa shape index (κ2) is 10.7. The lowest BCUT2D eigenvalue weighted by Gasteiger charge is -2.20. The number of nitrogens with zero attached hydrogens (tertiary/aromatic N) is 6. The van der Waals surface area contributed by atoms with Crippen LogP contribution in [-0.2, 0) is 32.2 Å². The Labute approximate surface area is 226 Å². The monoisotopic (exact) mass is 528 g/mol. The second-order valence-electron chi connectivity index (χ2n) is 9.80. The van der Waals surface area contributed by atoms with Gasteiger partial charge >= 0.3 is 0 Å². The summed E-state index contributed by atoms with van der Waals surface area (Å²) in [6.07, 6.45) is 7.34. The predicted molar refractivity (Wildman–Crippen MR) is 148 cm³/mol. The van der Waals surface area contributed by atoms with Crippen molar-refractivity contribution in [3.05, 3.63) is 60.2 Å². The fourth-order valence-electron chi connectivity index (χ4n) is 5.47. The molecule has 202 valence electrons. The first kappa shape index (κ1) is 25.4. The van der Waals surface area contributed by atoms with Crippen LogP contribution in [0, 0.1) is 0 Å². The van der Waals surface area contributed by atoms with Crippen molar-refractivity contribution in [2.24, 2.45) is 0 Å². The van der Waals surface area contributed by atoms with Gasteiger partial charge in [-0.25, -0.2) is 9.97 Å². The first-order valence-electron chi connectivity index (χ1n) is 13.4. The molecule has 39 heavy (non-hydrogen) atoms. The van der Waals surface area contributed by atoms with Crippen LogP contribution in [0.15, 0.2) is 49.1 Å². The van der Waals surface area contributed by atoms with Gasteiger partial charge in [-0.3, -0.25) is 19.4 Å². The average molecular weight is 529 g/mol. The van der Waals surface area contributed by atoms with Crippen LogP contribution < -0.4 is 0 Å². The van der Waals surface area contributed by atoms with Crippen LogP contribution in [-0.4, -0.2) is 93.8 Å². The molecule has 10 heteroatoms. The zero-order chi connectivity index (χ0) is 26.9. The van der Waals surface area contributed by atoms with Crippen molar-refractivity contribution in [3.8, 4) is 0 Å². The third kappa shape index (κ3) is 4.54. The number of carbonyl (C=O) groups is 2. The van der Waals surface area contributed by atoms with Gasteiger partial charge in [0.25, 0.3) is 11.8 Å². The van der Waals surface area contributed by atoms with Crippen molar-refractivity contribution in [3.63, 3.8) is 0 Å². The van der Waals surface area contributed by atoms with E-state index in [1.54, 1.807) is 12.4 Å². The highest BCUT2D eigenvalue weighted by atomic mass is 16.5. The molecule has 4 aromatic rings. The van der Waals surface area contributed by atoms with E-state index in [-0.39, 0.29) is 11.8 Å². The van der Waals surface area contributed by atoms with Crippen LogP contribution >= 0.6 is 0 Å². The van der Waals surface area contributed by atoms with Crippen LogP contribution in [0.2, 0.25) is 0 Å². The number of rotatable bonds is 1. The number of imide groups is 1. The molecule has 4 bridgehead atoms. The fraction of sp³-hybridized carbons (Fsp3) is 0.379. The largest absolute Gasteiger partial charge is 0.378 e. The predicted octanol–water partition coefficient (Wildman–Crippen LogP) is 2.66. The maximum absolute atomic E-state index is 13.6. The Morgan fingerprint density at radius 1 is 0.744 bits per heavy atom. The molecule has 2 aliphatic rings. The Bertz CT molecular complexity index is 1470. The van der Waals surface area contributed by atoms with Gasteiger partial charge in [0.05, 0.1) is 37.6 Å². The van der Waals surface area contributed by atoms with Crippen LogP contribution in [0.25, 0.3) is 33.2 Å². The number of aromatic nitrogens is 4. The average Bonchev–Trinajstić information content (AvgIpc) is 3.57. The Morgan fingerprint density at radius 3 is 1.67 bits per heavy atom. The summed E-state index contributed by atoms with van der Waals surface area (Å²) in [5, 5.41) is 1.64. The van der Waals surface area contributed by atoms with Crippen molar-refractivity contribution in [1.82, 2.24) is 28.9 Å². The molecule has 6 rings (SSSR count). The van der Waals surface area contributed by atoms with Gasteiger partial charge in [-0.2, -0.15) is 0 Å². The zero-order valence-electron chi connectivity index (χ0n) is 22.3. The van der Waals surface area contributed by atoms with Gasteiger partial charge in [-0.15, -0.1) is 0 Å². The summed E-state index contributed by atoms with van der Waals surface area (Å²) in [5.74, 6) is -0.652. The zero-order valence-corrected chi connectivity index (χ0v) is 22.3. The fourth-order valence-corrected chi connectivity index (χ4v) is 5.47. The molecule has 6 heterocycles. The van der Waals surface area contributed by atoms with E-state index in [4.69, 9.17) is 9.47 Å². The molecule has 0 saturated carbocycles. The highest BCUT2D eigenvalue weighted by Gasteiger charge is 2.39. The van der Waals surface area contributed by atoms with E-state index >= 15 is 0 Å². The first-order valence-corrected chi connectivity index (χ1v) is 13.4. The molecule has 2 amide bonds. The van der Waals surface area contributed by atoms with Crippen LogP contribution in [0.5, 0.6) is 0 Å². The number of amides is 2. The van der Waals surface area contributed by atoms with Crippen molar-refractivity contribution in [2.45, 2.75) is 20.0 Å². The third-order valence-electron chi connectivity index (χ3n) is 7.60. The minimum atomic E-state index is -0.326. The Morgan fingerprint density at radius 2 is 1.21 bits per heavy atom. The van der Waals surface area contributed by atoms with Gasteiger partial charge in [-0.05, 0) is 30.8 Å². The maximum atomic E-state index is 13.6. The first-order chi connectivity index (χ1) is 19.1. The van der Waals surface area contributed by atoms with Gasteiger partial charge in [0.2, 0.25) is 0 Å². The molecule has 4 aromatic heterocycles. The minimum absolute atomic E-state index is 0.326. The molecular formula is C29H32N6O4. The standard InChI is InChI=1S/C29H32N6O4/c1-3-33-10-14-38-16-12-34-18-22(20-6-4-8-30-26(20)34)24-25(29(37)32(2)28(24)36)23-19-35(13-17-39-15-11-33)27-21(23)7-5-9-31-27/h4-9,18-19H,3,10-17H2,1-2H3. The molecule has 0 saturated heterocycles. The van der Waals surface area contributed by atoms with Crippen LogP contribution in [0.4, 0.5) is 0 Å². The molecule has 0 fully saturated rings. The van der Waals surface area contributed by atoms with Gasteiger partial charge in [0.15, 0.2) is 0 Å². The van der Waals surface area contributed by atoms with E-state index in [2.05, 4.69) is 21.8 Å². The van der Waals surface area contributed by atoms with Gasteiger partial charge in [0.1, 0.15) is 11.3 Å². The van der Waals surface area contributed by atoms with E-state index < -0.39 is 0 Å². The van der Waals surface area contributed by atoms with Crippen molar-refractivity contribution >= 4 is 45.0 Å². The number of hydrogen-bond donors (Lipinski definition) is 0. The van der Waals surface area contributed by atoms with E-state index in [0.29, 0.717) is 61.8 Å². The molecule has 2 aliphatic heterocycles. The summed E-state index contributed by atoms with van der Waals surface area (Å²) in [6, 6.07) is 7.60.